The van der Waals surface area contributed by atoms with Gasteiger partial charge in [0.2, 0.25) is 0 Å². The van der Waals surface area contributed by atoms with E-state index < -0.39 is 0 Å². The minimum atomic E-state index is 0.386. The van der Waals surface area contributed by atoms with Crippen LogP contribution in [0, 0.1) is 51.2 Å². The van der Waals surface area contributed by atoms with Crippen molar-refractivity contribution in [2.75, 3.05) is 6.61 Å². The van der Waals surface area contributed by atoms with Crippen LogP contribution in [0.3, 0.4) is 0 Å². The minimum Gasteiger partial charge on any atom is -0.377 e. The van der Waals surface area contributed by atoms with Gasteiger partial charge in [-0.15, -0.1) is 0 Å². The second kappa shape index (κ2) is 7.35. The van der Waals surface area contributed by atoms with Crippen LogP contribution in [0.15, 0.2) is 11.6 Å². The molecule has 2 bridgehead atoms. The lowest BCUT2D eigenvalue weighted by Gasteiger charge is -2.70. The monoisotopic (exact) mass is 426 g/mol. The lowest BCUT2D eigenvalue weighted by molar-refractivity contribution is -0.281. The van der Waals surface area contributed by atoms with Crippen LogP contribution in [-0.4, -0.2) is 12.7 Å². The molecule has 4 saturated carbocycles. The fourth-order valence-corrected chi connectivity index (χ4v) is 10.5. The summed E-state index contributed by atoms with van der Waals surface area (Å²) in [7, 11) is 0. The lowest BCUT2D eigenvalue weighted by Crippen LogP contribution is -2.67. The molecular formula is C30H50O. The van der Waals surface area contributed by atoms with E-state index in [-0.39, 0.29) is 0 Å². The SMILES string of the molecule is CC(=CCCC(C)C)C1CCC2(C)C3CCC4C(C)(C)C5CCC4(CO5)C3CCC12C. The van der Waals surface area contributed by atoms with Crippen LogP contribution in [0.1, 0.15) is 113 Å². The van der Waals surface area contributed by atoms with Crippen molar-refractivity contribution in [1.82, 2.24) is 0 Å². The average molecular weight is 427 g/mol. The molecule has 2 saturated heterocycles. The summed E-state index contributed by atoms with van der Waals surface area (Å²) >= 11 is 0. The van der Waals surface area contributed by atoms with Gasteiger partial charge in [0, 0.05) is 5.41 Å². The zero-order valence-corrected chi connectivity index (χ0v) is 21.7. The third-order valence-corrected chi connectivity index (χ3v) is 12.4. The van der Waals surface area contributed by atoms with Crippen molar-refractivity contribution in [1.29, 1.82) is 0 Å². The molecule has 31 heavy (non-hydrogen) atoms. The Bertz CT molecular complexity index is 723. The summed E-state index contributed by atoms with van der Waals surface area (Å²) in [5, 5.41) is 0. The molecule has 2 aliphatic heterocycles. The zero-order valence-electron chi connectivity index (χ0n) is 21.7. The molecule has 0 radical (unpaired) electrons. The van der Waals surface area contributed by atoms with E-state index in [0.29, 0.717) is 27.8 Å². The molecule has 1 heteroatoms. The van der Waals surface area contributed by atoms with E-state index in [2.05, 4.69) is 54.5 Å². The predicted molar refractivity (Wildman–Crippen MR) is 131 cm³/mol. The van der Waals surface area contributed by atoms with Crippen molar-refractivity contribution < 1.29 is 4.74 Å². The molecule has 4 aliphatic carbocycles. The van der Waals surface area contributed by atoms with Gasteiger partial charge in [0.1, 0.15) is 0 Å². The fourth-order valence-electron chi connectivity index (χ4n) is 10.5. The Morgan fingerprint density at radius 3 is 2.32 bits per heavy atom. The quantitative estimate of drug-likeness (QED) is 0.410. The van der Waals surface area contributed by atoms with Gasteiger partial charge in [0.15, 0.2) is 0 Å². The summed E-state index contributed by atoms with van der Waals surface area (Å²) in [5.41, 5.74) is 3.62. The maximum Gasteiger partial charge on any atom is 0.0629 e. The molecule has 1 spiro atoms. The first-order chi connectivity index (χ1) is 14.6. The van der Waals surface area contributed by atoms with E-state index in [1.807, 2.05) is 0 Å². The van der Waals surface area contributed by atoms with Crippen LogP contribution in [0.5, 0.6) is 0 Å². The Morgan fingerprint density at radius 2 is 1.65 bits per heavy atom. The second-order valence-electron chi connectivity index (χ2n) is 14.1. The van der Waals surface area contributed by atoms with Crippen molar-refractivity contribution in [3.05, 3.63) is 11.6 Å². The Kier molecular flexibility index (Phi) is 5.33. The Balaban J connectivity index is 1.43. The number of ether oxygens (including phenoxy) is 1. The van der Waals surface area contributed by atoms with Crippen molar-refractivity contribution in [3.8, 4) is 0 Å². The number of hydrogen-bond donors (Lipinski definition) is 0. The minimum absolute atomic E-state index is 0.386. The van der Waals surface area contributed by atoms with Crippen molar-refractivity contribution >= 4 is 0 Å². The Morgan fingerprint density at radius 1 is 0.903 bits per heavy atom. The summed E-state index contributed by atoms with van der Waals surface area (Å²) in [4.78, 5) is 0. The molecule has 6 rings (SSSR count). The maximum atomic E-state index is 6.58. The first-order valence-electron chi connectivity index (χ1n) is 13.8. The largest absolute Gasteiger partial charge is 0.377 e. The van der Waals surface area contributed by atoms with Crippen LogP contribution >= 0.6 is 0 Å². The van der Waals surface area contributed by atoms with Gasteiger partial charge >= 0.3 is 0 Å². The molecule has 0 aromatic heterocycles. The maximum absolute atomic E-state index is 6.58. The third-order valence-electron chi connectivity index (χ3n) is 12.4. The van der Waals surface area contributed by atoms with Gasteiger partial charge in [0.25, 0.3) is 0 Å². The van der Waals surface area contributed by atoms with Crippen LogP contribution in [-0.2, 0) is 4.74 Å². The fraction of sp³-hybridized carbons (Fsp3) is 0.933. The molecule has 6 aliphatic rings. The van der Waals surface area contributed by atoms with Crippen molar-refractivity contribution in [2.24, 2.45) is 51.2 Å². The van der Waals surface area contributed by atoms with Crippen LogP contribution < -0.4 is 0 Å². The normalized spacial score (nSPS) is 50.8. The van der Waals surface area contributed by atoms with Gasteiger partial charge in [-0.05, 0) is 117 Å². The van der Waals surface area contributed by atoms with Crippen LogP contribution in [0.4, 0.5) is 0 Å². The van der Waals surface area contributed by atoms with Gasteiger partial charge in [-0.2, -0.15) is 0 Å². The van der Waals surface area contributed by atoms with E-state index >= 15 is 0 Å². The lowest BCUT2D eigenvalue weighted by atomic mass is 9.37. The third kappa shape index (κ3) is 2.96. The highest BCUT2D eigenvalue weighted by atomic mass is 16.5. The van der Waals surface area contributed by atoms with Gasteiger partial charge in [-0.3, -0.25) is 0 Å². The summed E-state index contributed by atoms with van der Waals surface area (Å²) in [6.45, 7) is 18.8. The highest BCUT2D eigenvalue weighted by molar-refractivity contribution is 5.22. The highest BCUT2D eigenvalue weighted by Crippen LogP contribution is 2.75. The average Bonchev–Trinajstić information content (AvgIpc) is 2.99. The molecule has 176 valence electrons. The highest BCUT2D eigenvalue weighted by Gasteiger charge is 2.70. The molecule has 2 heterocycles. The molecule has 8 unspecified atom stereocenters. The first-order valence-corrected chi connectivity index (χ1v) is 13.8. The Hall–Kier alpha value is -0.300. The van der Waals surface area contributed by atoms with Crippen molar-refractivity contribution in [2.45, 2.75) is 119 Å². The van der Waals surface area contributed by atoms with Gasteiger partial charge < -0.3 is 4.74 Å². The van der Waals surface area contributed by atoms with Crippen LogP contribution in [0.25, 0.3) is 0 Å². The predicted octanol–water partition coefficient (Wildman–Crippen LogP) is 8.43. The standard InChI is InChI=1S/C30H50O/c1-20(2)9-8-10-21(3)22-13-16-29(7)23-11-12-25-27(4,5)26-15-18-30(25,19-31-26)24(23)14-17-28(22,29)6/h10,20,22-26H,8-9,11-19H2,1-7H3. The molecule has 0 amide bonds. The summed E-state index contributed by atoms with van der Waals surface area (Å²) in [6, 6.07) is 0. The second-order valence-corrected chi connectivity index (χ2v) is 14.1. The van der Waals surface area contributed by atoms with E-state index in [0.717, 1.165) is 36.2 Å². The van der Waals surface area contributed by atoms with Crippen LogP contribution in [0.2, 0.25) is 0 Å². The number of allylic oxidation sites excluding steroid dienone is 2. The number of rotatable bonds is 4. The summed E-state index contributed by atoms with van der Waals surface area (Å²) in [6.07, 6.45) is 17.3. The molecule has 1 nitrogen and oxygen atoms in total. The molecule has 6 fully saturated rings. The van der Waals surface area contributed by atoms with E-state index in [1.54, 1.807) is 5.57 Å². The molecule has 8 atom stereocenters. The van der Waals surface area contributed by atoms with Crippen molar-refractivity contribution in [3.63, 3.8) is 0 Å². The van der Waals surface area contributed by atoms with Gasteiger partial charge in [-0.1, -0.05) is 53.2 Å². The smallest absolute Gasteiger partial charge is 0.0629 e. The molecule has 0 aromatic rings. The van der Waals surface area contributed by atoms with E-state index in [1.165, 1.54) is 64.2 Å². The first kappa shape index (κ1) is 22.5. The Labute approximate surface area is 193 Å². The topological polar surface area (TPSA) is 9.23 Å². The molecular weight excluding hydrogens is 376 g/mol. The zero-order chi connectivity index (χ0) is 22.2. The van der Waals surface area contributed by atoms with Gasteiger partial charge in [-0.25, -0.2) is 0 Å². The summed E-state index contributed by atoms with van der Waals surface area (Å²) < 4.78 is 6.58. The molecule has 0 aromatic carbocycles. The van der Waals surface area contributed by atoms with E-state index in [4.69, 9.17) is 4.74 Å². The number of hydrogen-bond acceptors (Lipinski definition) is 1. The summed E-state index contributed by atoms with van der Waals surface area (Å²) in [5.74, 6) is 4.36. The van der Waals surface area contributed by atoms with Gasteiger partial charge in [0.05, 0.1) is 12.7 Å². The van der Waals surface area contributed by atoms with E-state index in [9.17, 15) is 0 Å². The molecule has 0 N–H and O–H groups in total. The number of fused-ring (bicyclic) bond motifs is 5.